The van der Waals surface area contributed by atoms with E-state index in [1.807, 2.05) is 0 Å². The molecule has 2 rings (SSSR count). The van der Waals surface area contributed by atoms with E-state index >= 15 is 0 Å². The molecule has 18 heavy (non-hydrogen) atoms. The van der Waals surface area contributed by atoms with Gasteiger partial charge in [-0.05, 0) is 37.8 Å². The lowest BCUT2D eigenvalue weighted by Gasteiger charge is -2.37. The molecule has 1 atom stereocenters. The first-order chi connectivity index (χ1) is 8.61. The number of hydrogen-bond acceptors (Lipinski definition) is 2. The third-order valence-corrected chi connectivity index (χ3v) is 3.76. The largest absolute Gasteiger partial charge is 0.388 e. The van der Waals surface area contributed by atoms with Gasteiger partial charge in [0, 0.05) is 24.7 Å². The van der Waals surface area contributed by atoms with Crippen LogP contribution < -0.4 is 10.6 Å². The minimum Gasteiger partial charge on any atom is -0.388 e. The van der Waals surface area contributed by atoms with E-state index in [9.17, 15) is 0 Å². The fourth-order valence-corrected chi connectivity index (χ4v) is 2.86. The Morgan fingerprint density at radius 1 is 1.50 bits per heavy atom. The van der Waals surface area contributed by atoms with Crippen LogP contribution in [-0.2, 0) is 6.42 Å². The molecule has 3 N–H and O–H groups in total. The molecule has 3 nitrogen and oxygen atoms in total. The standard InChI is InChI=1S/C15H23N3/c1-3-13(10-15(16)17)18-8-4-5-12-9-11(2)6-7-14(12)18/h6-7,9,13H,3-5,8,10H2,1-2H3,(H3,16,17). The summed E-state index contributed by atoms with van der Waals surface area (Å²) in [4.78, 5) is 2.44. The van der Waals surface area contributed by atoms with Gasteiger partial charge in [-0.15, -0.1) is 0 Å². The summed E-state index contributed by atoms with van der Waals surface area (Å²) in [5.74, 6) is 0.293. The Morgan fingerprint density at radius 2 is 2.28 bits per heavy atom. The van der Waals surface area contributed by atoms with Gasteiger partial charge in [0.05, 0.1) is 5.84 Å². The Kier molecular flexibility index (Phi) is 3.90. The minimum absolute atomic E-state index is 0.293. The lowest BCUT2D eigenvalue weighted by molar-refractivity contribution is 0.557. The van der Waals surface area contributed by atoms with Crippen molar-refractivity contribution in [1.82, 2.24) is 0 Å². The van der Waals surface area contributed by atoms with E-state index in [2.05, 4.69) is 36.9 Å². The van der Waals surface area contributed by atoms with Gasteiger partial charge in [-0.25, -0.2) is 0 Å². The van der Waals surface area contributed by atoms with Crippen molar-refractivity contribution in [2.24, 2.45) is 5.73 Å². The number of nitrogens with one attached hydrogen (secondary N) is 1. The maximum absolute atomic E-state index is 7.52. The average molecular weight is 245 g/mol. The van der Waals surface area contributed by atoms with E-state index in [-0.39, 0.29) is 0 Å². The number of hydrogen-bond donors (Lipinski definition) is 2. The monoisotopic (exact) mass is 245 g/mol. The Hall–Kier alpha value is -1.51. The van der Waals surface area contributed by atoms with Gasteiger partial charge in [0.2, 0.25) is 0 Å². The number of benzene rings is 1. The summed E-state index contributed by atoms with van der Waals surface area (Å²) in [6.45, 7) is 5.41. The highest BCUT2D eigenvalue weighted by Gasteiger charge is 2.23. The second-order valence-corrected chi connectivity index (χ2v) is 5.22. The summed E-state index contributed by atoms with van der Waals surface area (Å²) >= 11 is 0. The summed E-state index contributed by atoms with van der Waals surface area (Å²) in [6.07, 6.45) is 4.07. The predicted octanol–water partition coefficient (Wildman–Crippen LogP) is 2.85. The van der Waals surface area contributed by atoms with Crippen LogP contribution >= 0.6 is 0 Å². The number of nitrogens with two attached hydrogens (primary N) is 1. The number of nitrogens with zero attached hydrogens (tertiary/aromatic N) is 1. The number of aryl methyl sites for hydroxylation is 2. The molecule has 1 aliphatic heterocycles. The van der Waals surface area contributed by atoms with E-state index < -0.39 is 0 Å². The molecule has 0 fully saturated rings. The summed E-state index contributed by atoms with van der Waals surface area (Å²) in [7, 11) is 0. The number of fused-ring (bicyclic) bond motifs is 1. The van der Waals surface area contributed by atoms with Crippen LogP contribution in [0.15, 0.2) is 18.2 Å². The first-order valence-electron chi connectivity index (χ1n) is 6.81. The highest BCUT2D eigenvalue weighted by Crippen LogP contribution is 2.31. The second-order valence-electron chi connectivity index (χ2n) is 5.22. The molecule has 98 valence electrons. The van der Waals surface area contributed by atoms with E-state index in [1.54, 1.807) is 0 Å². The van der Waals surface area contributed by atoms with Crippen molar-refractivity contribution < 1.29 is 0 Å². The van der Waals surface area contributed by atoms with Crippen molar-refractivity contribution in [2.45, 2.75) is 45.6 Å². The zero-order chi connectivity index (χ0) is 13.1. The Bertz CT molecular complexity index is 439. The summed E-state index contributed by atoms with van der Waals surface area (Å²) in [5.41, 5.74) is 9.70. The topological polar surface area (TPSA) is 53.1 Å². The van der Waals surface area contributed by atoms with E-state index in [4.69, 9.17) is 11.1 Å². The lowest BCUT2D eigenvalue weighted by atomic mass is 9.96. The minimum atomic E-state index is 0.293. The maximum Gasteiger partial charge on any atom is 0.0926 e. The average Bonchev–Trinajstić information content (AvgIpc) is 2.34. The zero-order valence-electron chi connectivity index (χ0n) is 11.4. The molecular formula is C15H23N3. The number of rotatable bonds is 4. The van der Waals surface area contributed by atoms with Crippen molar-refractivity contribution in [3.63, 3.8) is 0 Å². The van der Waals surface area contributed by atoms with E-state index in [0.29, 0.717) is 18.3 Å². The van der Waals surface area contributed by atoms with Gasteiger partial charge in [0.15, 0.2) is 0 Å². The zero-order valence-corrected chi connectivity index (χ0v) is 11.4. The second kappa shape index (κ2) is 5.42. The molecule has 1 unspecified atom stereocenters. The molecule has 1 heterocycles. The van der Waals surface area contributed by atoms with Crippen LogP contribution in [0.5, 0.6) is 0 Å². The fourth-order valence-electron chi connectivity index (χ4n) is 2.86. The molecule has 0 amide bonds. The third kappa shape index (κ3) is 2.66. The predicted molar refractivity (Wildman–Crippen MR) is 77.5 cm³/mol. The molecule has 0 radical (unpaired) electrons. The molecule has 0 aromatic heterocycles. The van der Waals surface area contributed by atoms with Gasteiger partial charge >= 0.3 is 0 Å². The van der Waals surface area contributed by atoms with Crippen molar-refractivity contribution in [2.75, 3.05) is 11.4 Å². The summed E-state index contributed by atoms with van der Waals surface area (Å²) in [5, 5.41) is 7.52. The third-order valence-electron chi connectivity index (χ3n) is 3.76. The van der Waals surface area contributed by atoms with Crippen LogP contribution in [0.1, 0.15) is 37.3 Å². The molecule has 1 aliphatic rings. The summed E-state index contributed by atoms with van der Waals surface area (Å²) < 4.78 is 0. The van der Waals surface area contributed by atoms with Gasteiger partial charge in [-0.3, -0.25) is 5.41 Å². The molecule has 0 saturated carbocycles. The maximum atomic E-state index is 7.52. The van der Waals surface area contributed by atoms with Gasteiger partial charge in [-0.1, -0.05) is 24.6 Å². The number of anilines is 1. The quantitative estimate of drug-likeness (QED) is 0.633. The Balaban J connectivity index is 2.28. The smallest absolute Gasteiger partial charge is 0.0926 e. The molecular weight excluding hydrogens is 222 g/mol. The molecule has 0 aliphatic carbocycles. The molecule has 3 heteroatoms. The normalized spacial score (nSPS) is 16.2. The van der Waals surface area contributed by atoms with Crippen LogP contribution in [0.4, 0.5) is 5.69 Å². The van der Waals surface area contributed by atoms with Crippen LogP contribution in [-0.4, -0.2) is 18.4 Å². The molecule has 1 aromatic carbocycles. The highest BCUT2D eigenvalue weighted by molar-refractivity contribution is 5.78. The Morgan fingerprint density at radius 3 is 2.94 bits per heavy atom. The Labute approximate surface area is 109 Å². The van der Waals surface area contributed by atoms with Crippen molar-refractivity contribution in [3.05, 3.63) is 29.3 Å². The highest BCUT2D eigenvalue weighted by atomic mass is 15.2. The SMILES string of the molecule is CCC(CC(=N)N)N1CCCc2cc(C)ccc21. The first-order valence-corrected chi connectivity index (χ1v) is 6.81. The molecule has 1 aromatic rings. The van der Waals surface area contributed by atoms with Crippen molar-refractivity contribution in [3.8, 4) is 0 Å². The van der Waals surface area contributed by atoms with Gasteiger partial charge in [-0.2, -0.15) is 0 Å². The van der Waals surface area contributed by atoms with Gasteiger partial charge in [0.25, 0.3) is 0 Å². The number of amidine groups is 1. The van der Waals surface area contributed by atoms with Gasteiger partial charge < -0.3 is 10.6 Å². The van der Waals surface area contributed by atoms with Crippen LogP contribution in [0, 0.1) is 12.3 Å². The first kappa shape index (κ1) is 12.9. The van der Waals surface area contributed by atoms with Crippen molar-refractivity contribution in [1.29, 1.82) is 5.41 Å². The van der Waals surface area contributed by atoms with Crippen molar-refractivity contribution >= 4 is 11.5 Å². The molecule has 0 saturated heterocycles. The molecule has 0 spiro atoms. The van der Waals surface area contributed by atoms with Crippen LogP contribution in [0.2, 0.25) is 0 Å². The summed E-state index contributed by atoms with van der Waals surface area (Å²) in [6, 6.07) is 7.07. The fraction of sp³-hybridized carbons (Fsp3) is 0.533. The van der Waals surface area contributed by atoms with Crippen LogP contribution in [0.25, 0.3) is 0 Å². The van der Waals surface area contributed by atoms with Gasteiger partial charge in [0.1, 0.15) is 0 Å². The molecule has 0 bridgehead atoms. The lowest BCUT2D eigenvalue weighted by Crippen LogP contribution is -2.41. The van der Waals surface area contributed by atoms with E-state index in [0.717, 1.165) is 13.0 Å². The van der Waals surface area contributed by atoms with E-state index in [1.165, 1.54) is 29.7 Å². The van der Waals surface area contributed by atoms with Crippen LogP contribution in [0.3, 0.4) is 0 Å².